The maximum absolute atomic E-state index is 11.6. The molecule has 1 amide bonds. The third-order valence-electron chi connectivity index (χ3n) is 3.61. The Labute approximate surface area is 138 Å². The maximum Gasteiger partial charge on any atom is 0.240 e. The number of phenols is 1. The zero-order chi connectivity index (χ0) is 16.9. The lowest BCUT2D eigenvalue weighted by molar-refractivity contribution is -0.121. The summed E-state index contributed by atoms with van der Waals surface area (Å²) in [6, 6.07) is 4.94. The number of unbranched alkanes of at least 4 members (excludes halogenated alkanes) is 6. The maximum atomic E-state index is 11.6. The second kappa shape index (κ2) is 11.5. The van der Waals surface area contributed by atoms with Crippen molar-refractivity contribution >= 4 is 12.1 Å². The van der Waals surface area contributed by atoms with Crippen LogP contribution < -0.4 is 10.2 Å². The van der Waals surface area contributed by atoms with Crippen molar-refractivity contribution < 1.29 is 14.6 Å². The van der Waals surface area contributed by atoms with E-state index in [1.165, 1.54) is 51.5 Å². The number of ether oxygens (including phenoxy) is 1. The Morgan fingerprint density at radius 3 is 2.57 bits per heavy atom. The van der Waals surface area contributed by atoms with Crippen LogP contribution in [0.4, 0.5) is 0 Å². The molecule has 0 aromatic heterocycles. The minimum Gasteiger partial charge on any atom is -0.504 e. The summed E-state index contributed by atoms with van der Waals surface area (Å²) in [7, 11) is 1.49. The van der Waals surface area contributed by atoms with Gasteiger partial charge < -0.3 is 9.84 Å². The largest absolute Gasteiger partial charge is 0.504 e. The lowest BCUT2D eigenvalue weighted by Crippen LogP contribution is -2.16. The van der Waals surface area contributed by atoms with Crippen LogP contribution in [0.2, 0.25) is 0 Å². The molecule has 5 nitrogen and oxygen atoms in total. The van der Waals surface area contributed by atoms with E-state index in [1.807, 2.05) is 0 Å². The summed E-state index contributed by atoms with van der Waals surface area (Å²) >= 11 is 0. The van der Waals surface area contributed by atoms with Crippen molar-refractivity contribution in [3.05, 3.63) is 23.8 Å². The Bertz CT molecular complexity index is 501. The number of hydrogen-bond donors (Lipinski definition) is 2. The lowest BCUT2D eigenvalue weighted by atomic mass is 10.1. The highest BCUT2D eigenvalue weighted by Crippen LogP contribution is 2.25. The first-order valence-corrected chi connectivity index (χ1v) is 8.36. The molecule has 0 aliphatic rings. The van der Waals surface area contributed by atoms with Gasteiger partial charge in [-0.25, -0.2) is 5.43 Å². The number of nitrogens with one attached hydrogen (secondary N) is 1. The number of phenolic OH excluding ortho intramolecular Hbond substituents is 1. The molecule has 1 aromatic carbocycles. The second-order valence-corrected chi connectivity index (χ2v) is 5.60. The van der Waals surface area contributed by atoms with Crippen molar-refractivity contribution in [2.24, 2.45) is 5.10 Å². The van der Waals surface area contributed by atoms with Gasteiger partial charge in [0.1, 0.15) is 0 Å². The van der Waals surface area contributed by atoms with E-state index in [0.717, 1.165) is 12.8 Å². The highest BCUT2D eigenvalue weighted by Gasteiger charge is 2.02. The van der Waals surface area contributed by atoms with Crippen molar-refractivity contribution in [1.82, 2.24) is 5.43 Å². The van der Waals surface area contributed by atoms with Gasteiger partial charge in [-0.2, -0.15) is 5.10 Å². The zero-order valence-electron chi connectivity index (χ0n) is 14.2. The summed E-state index contributed by atoms with van der Waals surface area (Å²) in [4.78, 5) is 11.6. The van der Waals surface area contributed by atoms with Crippen molar-refractivity contribution in [2.75, 3.05) is 7.11 Å². The quantitative estimate of drug-likeness (QED) is 0.368. The molecule has 1 rings (SSSR count). The number of hydrogen-bond acceptors (Lipinski definition) is 4. The number of rotatable bonds is 11. The summed E-state index contributed by atoms with van der Waals surface area (Å²) in [5.74, 6) is 0.378. The first-order valence-electron chi connectivity index (χ1n) is 8.36. The number of methoxy groups -OCH3 is 1. The predicted octanol–water partition coefficient (Wildman–Crippen LogP) is 3.99. The third-order valence-corrected chi connectivity index (χ3v) is 3.61. The Morgan fingerprint density at radius 1 is 1.22 bits per heavy atom. The van der Waals surface area contributed by atoms with E-state index in [1.54, 1.807) is 12.1 Å². The smallest absolute Gasteiger partial charge is 0.240 e. The van der Waals surface area contributed by atoms with Gasteiger partial charge in [0.05, 0.1) is 13.3 Å². The number of aromatic hydroxyl groups is 1. The molecule has 0 heterocycles. The number of carbonyl (C=O) groups is 1. The topological polar surface area (TPSA) is 70.9 Å². The minimum absolute atomic E-state index is 0.0471. The first kappa shape index (κ1) is 19.0. The molecule has 0 fully saturated rings. The molecule has 0 atom stereocenters. The van der Waals surface area contributed by atoms with E-state index < -0.39 is 0 Å². The van der Waals surface area contributed by atoms with Crippen molar-refractivity contribution in [1.29, 1.82) is 0 Å². The molecule has 0 saturated heterocycles. The van der Waals surface area contributed by atoms with E-state index in [-0.39, 0.29) is 11.7 Å². The first-order chi connectivity index (χ1) is 11.2. The number of hydrazone groups is 1. The van der Waals surface area contributed by atoms with Gasteiger partial charge in [0, 0.05) is 6.42 Å². The second-order valence-electron chi connectivity index (χ2n) is 5.60. The van der Waals surface area contributed by atoms with Crippen LogP contribution in [0.15, 0.2) is 23.3 Å². The molecule has 0 saturated carbocycles. The van der Waals surface area contributed by atoms with Gasteiger partial charge in [-0.05, 0) is 30.2 Å². The Morgan fingerprint density at radius 2 is 1.91 bits per heavy atom. The van der Waals surface area contributed by atoms with Crippen LogP contribution in [-0.4, -0.2) is 24.3 Å². The van der Waals surface area contributed by atoms with E-state index >= 15 is 0 Å². The van der Waals surface area contributed by atoms with Crippen LogP contribution in [0.3, 0.4) is 0 Å². The summed E-state index contributed by atoms with van der Waals surface area (Å²) in [5, 5.41) is 13.5. The van der Waals surface area contributed by atoms with Gasteiger partial charge in [-0.3, -0.25) is 4.79 Å². The fourth-order valence-electron chi connectivity index (χ4n) is 2.26. The summed E-state index contributed by atoms with van der Waals surface area (Å²) in [6.45, 7) is 2.21. The van der Waals surface area contributed by atoms with E-state index in [0.29, 0.717) is 17.7 Å². The number of carbonyl (C=O) groups excluding carboxylic acids is 1. The standard InChI is InChI=1S/C18H28N2O3/c1-3-4-5-6-7-8-9-10-18(22)20-19-14-15-11-12-17(23-2)16(21)13-15/h11-14,21H,3-10H2,1-2H3,(H,20,22). The molecular formula is C18H28N2O3. The normalized spacial score (nSPS) is 10.9. The van der Waals surface area contributed by atoms with Gasteiger partial charge in [0.2, 0.25) is 5.91 Å². The summed E-state index contributed by atoms with van der Waals surface area (Å²) in [5.41, 5.74) is 3.20. The molecule has 0 spiro atoms. The third kappa shape index (κ3) is 8.24. The minimum atomic E-state index is -0.0764. The van der Waals surface area contributed by atoms with Crippen molar-refractivity contribution in [3.63, 3.8) is 0 Å². The van der Waals surface area contributed by atoms with Crippen LogP contribution in [0.1, 0.15) is 63.9 Å². The monoisotopic (exact) mass is 320 g/mol. The lowest BCUT2D eigenvalue weighted by Gasteiger charge is -2.03. The van der Waals surface area contributed by atoms with Gasteiger partial charge in [0.15, 0.2) is 11.5 Å². The predicted molar refractivity (Wildman–Crippen MR) is 93.0 cm³/mol. The van der Waals surface area contributed by atoms with E-state index in [9.17, 15) is 9.90 Å². The molecule has 2 N–H and O–H groups in total. The Kier molecular flexibility index (Phi) is 9.52. The highest BCUT2D eigenvalue weighted by atomic mass is 16.5. The van der Waals surface area contributed by atoms with Crippen LogP contribution in [0.5, 0.6) is 11.5 Å². The molecule has 23 heavy (non-hydrogen) atoms. The molecule has 0 radical (unpaired) electrons. The average molecular weight is 320 g/mol. The van der Waals surface area contributed by atoms with Crippen LogP contribution in [0.25, 0.3) is 0 Å². The SMILES string of the molecule is CCCCCCCCCC(=O)NN=Cc1ccc(OC)c(O)c1. The molecule has 5 heteroatoms. The fraction of sp³-hybridized carbons (Fsp3) is 0.556. The van der Waals surface area contributed by atoms with Gasteiger partial charge >= 0.3 is 0 Å². The molecule has 128 valence electrons. The van der Waals surface area contributed by atoms with Gasteiger partial charge in [-0.15, -0.1) is 0 Å². The highest BCUT2D eigenvalue weighted by molar-refractivity contribution is 5.83. The van der Waals surface area contributed by atoms with Gasteiger partial charge in [0.25, 0.3) is 0 Å². The van der Waals surface area contributed by atoms with Crippen LogP contribution in [-0.2, 0) is 4.79 Å². The van der Waals surface area contributed by atoms with Crippen LogP contribution in [0, 0.1) is 0 Å². The van der Waals surface area contributed by atoms with Crippen molar-refractivity contribution in [2.45, 2.75) is 58.3 Å². The molecular weight excluding hydrogens is 292 g/mol. The van der Waals surface area contributed by atoms with Crippen molar-refractivity contribution in [3.8, 4) is 11.5 Å². The number of amides is 1. The number of nitrogens with zero attached hydrogens (tertiary/aromatic N) is 1. The zero-order valence-corrected chi connectivity index (χ0v) is 14.2. The molecule has 0 aliphatic carbocycles. The fourth-order valence-corrected chi connectivity index (χ4v) is 2.26. The van der Waals surface area contributed by atoms with E-state index in [4.69, 9.17) is 4.74 Å². The van der Waals surface area contributed by atoms with Gasteiger partial charge in [-0.1, -0.05) is 45.4 Å². The summed E-state index contributed by atoms with van der Waals surface area (Å²) in [6.07, 6.45) is 10.3. The Hall–Kier alpha value is -2.04. The molecule has 1 aromatic rings. The van der Waals surface area contributed by atoms with E-state index in [2.05, 4.69) is 17.5 Å². The Balaban J connectivity index is 2.19. The van der Waals surface area contributed by atoms with Crippen LogP contribution >= 0.6 is 0 Å². The molecule has 0 aliphatic heterocycles. The average Bonchev–Trinajstić information content (AvgIpc) is 2.54. The number of benzene rings is 1. The molecule has 0 bridgehead atoms. The summed E-state index contributed by atoms with van der Waals surface area (Å²) < 4.78 is 4.96. The molecule has 0 unspecified atom stereocenters.